The van der Waals surface area contributed by atoms with Crippen LogP contribution in [0.5, 0.6) is 0 Å². The van der Waals surface area contributed by atoms with Crippen molar-refractivity contribution in [2.75, 3.05) is 12.3 Å². The Morgan fingerprint density at radius 3 is 2.55 bits per heavy atom. The molecule has 1 aromatic carbocycles. The smallest absolute Gasteiger partial charge is 0.408 e. The number of nitrogens with two attached hydrogens (primary N) is 1. The van der Waals surface area contributed by atoms with Crippen LogP contribution < -0.4 is 27.0 Å². The van der Waals surface area contributed by atoms with Crippen molar-refractivity contribution in [3.05, 3.63) is 35.9 Å². The Bertz CT molecular complexity index is 1040. The Kier molecular flexibility index (Phi) is 10.9. The van der Waals surface area contributed by atoms with Crippen LogP contribution in [0.1, 0.15) is 44.1 Å². The summed E-state index contributed by atoms with van der Waals surface area (Å²) in [5.41, 5.74) is 5.91. The van der Waals surface area contributed by atoms with Gasteiger partial charge < -0.3 is 31.7 Å². The van der Waals surface area contributed by atoms with E-state index in [1.165, 1.54) is 0 Å². The minimum atomic E-state index is -1.17. The summed E-state index contributed by atoms with van der Waals surface area (Å²) in [5, 5.41) is 10.8. The molecule has 0 bridgehead atoms. The maximum absolute atomic E-state index is 12.6. The number of rotatable bonds is 15. The minimum absolute atomic E-state index is 0.0178. The lowest BCUT2D eigenvalue weighted by atomic mass is 10.0. The van der Waals surface area contributed by atoms with Crippen LogP contribution in [0, 0.1) is 0 Å². The first kappa shape index (κ1) is 29.0. The molecule has 13 heteroatoms. The summed E-state index contributed by atoms with van der Waals surface area (Å²) in [7, 11) is 0. The van der Waals surface area contributed by atoms with Gasteiger partial charge in [0, 0.05) is 23.8 Å². The fourth-order valence-electron chi connectivity index (χ4n) is 4.27. The van der Waals surface area contributed by atoms with Gasteiger partial charge in [0.1, 0.15) is 12.6 Å². The van der Waals surface area contributed by atoms with Gasteiger partial charge in [-0.25, -0.2) is 9.59 Å². The number of fused-ring (bicyclic) bond motifs is 1. The summed E-state index contributed by atoms with van der Waals surface area (Å²) < 4.78 is 5.11. The van der Waals surface area contributed by atoms with Gasteiger partial charge >= 0.3 is 12.1 Å². The second-order valence-electron chi connectivity index (χ2n) is 9.20. The molecule has 3 rings (SSSR count). The number of amides is 5. The summed E-state index contributed by atoms with van der Waals surface area (Å²) in [4.78, 5) is 71.9. The molecule has 0 unspecified atom stereocenters. The van der Waals surface area contributed by atoms with Crippen LogP contribution in [0.15, 0.2) is 30.3 Å². The molecule has 12 nitrogen and oxygen atoms in total. The van der Waals surface area contributed by atoms with E-state index in [1.54, 1.807) is 36.0 Å². The van der Waals surface area contributed by atoms with E-state index in [0.717, 1.165) is 24.2 Å². The van der Waals surface area contributed by atoms with E-state index in [4.69, 9.17) is 10.5 Å². The van der Waals surface area contributed by atoms with Crippen LogP contribution in [0.2, 0.25) is 0 Å². The number of primary amides is 1. The van der Waals surface area contributed by atoms with Gasteiger partial charge in [-0.05, 0) is 24.8 Å². The number of unbranched alkanes of at least 4 members (excludes halogenated alkanes) is 1. The van der Waals surface area contributed by atoms with E-state index < -0.39 is 42.1 Å². The van der Waals surface area contributed by atoms with Crippen LogP contribution in [0.3, 0.4) is 0 Å². The van der Waals surface area contributed by atoms with Gasteiger partial charge in [0.2, 0.25) is 17.6 Å². The summed E-state index contributed by atoms with van der Waals surface area (Å²) in [6.45, 7) is -0.540. The average Bonchev–Trinajstić information content (AvgIpc) is 3.45. The zero-order valence-corrected chi connectivity index (χ0v) is 21.7. The molecule has 2 heterocycles. The number of carbonyl (C=O) groups is 6. The molecular weight excluding hydrogens is 514 g/mol. The van der Waals surface area contributed by atoms with Crippen molar-refractivity contribution in [1.82, 2.24) is 21.3 Å². The minimum Gasteiger partial charge on any atom is -0.445 e. The van der Waals surface area contributed by atoms with Crippen LogP contribution in [-0.4, -0.2) is 71.2 Å². The number of urea groups is 1. The largest absolute Gasteiger partial charge is 0.445 e. The van der Waals surface area contributed by atoms with E-state index in [1.807, 2.05) is 6.07 Å². The third kappa shape index (κ3) is 9.05. The number of carbonyl (C=O) groups excluding carboxylic acids is 6. The lowest BCUT2D eigenvalue weighted by molar-refractivity contribution is -0.137. The highest BCUT2D eigenvalue weighted by Crippen LogP contribution is 2.33. The van der Waals surface area contributed by atoms with Crippen molar-refractivity contribution in [3.8, 4) is 0 Å². The number of hydrogen-bond acceptors (Lipinski definition) is 8. The Labute approximate surface area is 224 Å². The molecule has 1 aromatic rings. The van der Waals surface area contributed by atoms with Crippen molar-refractivity contribution in [1.29, 1.82) is 0 Å². The van der Waals surface area contributed by atoms with Crippen LogP contribution >= 0.6 is 11.8 Å². The van der Waals surface area contributed by atoms with Crippen LogP contribution in [0.4, 0.5) is 9.59 Å². The molecule has 6 N–H and O–H groups in total. The highest BCUT2D eigenvalue weighted by atomic mass is 32.2. The number of nitrogens with one attached hydrogen (secondary N) is 4. The maximum Gasteiger partial charge on any atom is 0.408 e. The predicted molar refractivity (Wildman–Crippen MR) is 139 cm³/mol. The second-order valence-corrected chi connectivity index (χ2v) is 10.5. The van der Waals surface area contributed by atoms with Crippen molar-refractivity contribution in [2.24, 2.45) is 5.73 Å². The van der Waals surface area contributed by atoms with Gasteiger partial charge in [-0.15, -0.1) is 0 Å². The van der Waals surface area contributed by atoms with E-state index in [2.05, 4.69) is 21.3 Å². The summed E-state index contributed by atoms with van der Waals surface area (Å²) in [5.74, 6) is -1.88. The first-order chi connectivity index (χ1) is 18.2. The Morgan fingerprint density at radius 2 is 1.82 bits per heavy atom. The molecule has 0 radical (unpaired) electrons. The summed E-state index contributed by atoms with van der Waals surface area (Å²) in [6.07, 6.45) is 0.974. The molecule has 0 aliphatic carbocycles. The molecule has 206 valence electrons. The number of ether oxygens (including phenoxy) is 1. The molecule has 2 aliphatic rings. The average molecular weight is 548 g/mol. The Morgan fingerprint density at radius 1 is 1.05 bits per heavy atom. The van der Waals surface area contributed by atoms with Gasteiger partial charge in [0.05, 0.1) is 18.6 Å². The Hall–Kier alpha value is -3.61. The van der Waals surface area contributed by atoms with Crippen molar-refractivity contribution in [2.45, 2.75) is 68.5 Å². The maximum atomic E-state index is 12.6. The van der Waals surface area contributed by atoms with E-state index in [0.29, 0.717) is 6.42 Å². The number of benzene rings is 1. The molecule has 2 fully saturated rings. The highest BCUT2D eigenvalue weighted by Gasteiger charge is 2.42. The zero-order chi connectivity index (χ0) is 27.5. The third-order valence-electron chi connectivity index (χ3n) is 6.32. The molecule has 0 aromatic heterocycles. The summed E-state index contributed by atoms with van der Waals surface area (Å²) in [6, 6.07) is 7.83. The lowest BCUT2D eigenvalue weighted by Gasteiger charge is -2.17. The molecule has 0 saturated carbocycles. The number of thioether (sulfide) groups is 1. The predicted octanol–water partition coefficient (Wildman–Crippen LogP) is 0.527. The Balaban J connectivity index is 1.37. The molecule has 4 atom stereocenters. The second kappa shape index (κ2) is 14.4. The van der Waals surface area contributed by atoms with Crippen molar-refractivity contribution >= 4 is 47.3 Å². The van der Waals surface area contributed by atoms with E-state index in [9.17, 15) is 28.8 Å². The normalized spacial score (nSPS) is 20.4. The monoisotopic (exact) mass is 547 g/mol. The summed E-state index contributed by atoms with van der Waals surface area (Å²) >= 11 is 1.78. The molecular formula is C25H33N5O7S. The van der Waals surface area contributed by atoms with Gasteiger partial charge in [0.25, 0.3) is 0 Å². The fraction of sp³-hybridized carbons (Fsp3) is 0.520. The number of alkyl carbamates (subject to hydrolysis) is 1. The van der Waals surface area contributed by atoms with Gasteiger partial charge in [0.15, 0.2) is 5.78 Å². The molecule has 2 saturated heterocycles. The molecule has 2 aliphatic heterocycles. The highest BCUT2D eigenvalue weighted by molar-refractivity contribution is 8.00. The molecule has 0 spiro atoms. The lowest BCUT2D eigenvalue weighted by Crippen LogP contribution is -2.48. The number of ketones is 2. The van der Waals surface area contributed by atoms with E-state index >= 15 is 0 Å². The standard InChI is InChI=1S/C25H33N5O7S/c26-21(33)11-10-16(29-25(36)37-13-15-6-2-1-3-7-15)23(34)27-12-19(32)18(31)8-4-5-9-20-22-17(14-38-20)28-24(35)30-22/h1-3,6-7,16-17,20,22H,4-5,8-14H2,(H2,26,33)(H,27,34)(H,29,36)(H2,28,30,35)/t16-,17-,20-,22-/m0/s1. The van der Waals surface area contributed by atoms with Crippen molar-refractivity contribution in [3.63, 3.8) is 0 Å². The van der Waals surface area contributed by atoms with Gasteiger partial charge in [-0.2, -0.15) is 11.8 Å². The first-order valence-corrected chi connectivity index (χ1v) is 13.6. The van der Waals surface area contributed by atoms with Gasteiger partial charge in [-0.3, -0.25) is 19.2 Å². The first-order valence-electron chi connectivity index (χ1n) is 12.5. The van der Waals surface area contributed by atoms with E-state index in [-0.39, 0.29) is 49.2 Å². The third-order valence-corrected chi connectivity index (χ3v) is 7.82. The zero-order valence-electron chi connectivity index (χ0n) is 20.9. The quantitative estimate of drug-likeness (QED) is 0.119. The van der Waals surface area contributed by atoms with Crippen molar-refractivity contribution < 1.29 is 33.5 Å². The molecule has 5 amide bonds. The molecule has 38 heavy (non-hydrogen) atoms. The SMILES string of the molecule is NC(=O)CC[C@H](NC(=O)OCc1ccccc1)C(=O)NCC(=O)C(=O)CCCC[C@@H]1SC[C@@H]2NC(=O)N[C@@H]21. The number of hydrogen-bond donors (Lipinski definition) is 5. The topological polar surface area (TPSA) is 186 Å². The number of Topliss-reactive ketones (excluding diaryl/α,β-unsaturated/α-hetero) is 2. The fourth-order valence-corrected chi connectivity index (χ4v) is 5.81. The van der Waals surface area contributed by atoms with Crippen LogP contribution in [-0.2, 0) is 30.5 Å². The van der Waals surface area contributed by atoms with Crippen LogP contribution in [0.25, 0.3) is 0 Å². The van der Waals surface area contributed by atoms with Gasteiger partial charge in [-0.1, -0.05) is 36.8 Å².